The second-order valence-corrected chi connectivity index (χ2v) is 16.1. The minimum Gasteiger partial charge on any atom is -0.240 e. The highest BCUT2D eigenvalue weighted by Crippen LogP contribution is 2.25. The van der Waals surface area contributed by atoms with E-state index in [0.29, 0.717) is 12.1 Å². The first-order valence-electron chi connectivity index (χ1n) is 19.3. The Morgan fingerprint density at radius 3 is 1.11 bits per heavy atom. The van der Waals surface area contributed by atoms with Gasteiger partial charge in [0.15, 0.2) is 0 Å². The second kappa shape index (κ2) is 28.2. The summed E-state index contributed by atoms with van der Waals surface area (Å²) in [5.74, 6) is 5.07. The molecule has 0 amide bonds. The summed E-state index contributed by atoms with van der Waals surface area (Å²) in [5.41, 5.74) is 0. The first kappa shape index (κ1) is 40.3. The lowest BCUT2D eigenvalue weighted by atomic mass is 10.0. The molecule has 0 aliphatic heterocycles. The maximum atomic E-state index is 2.48. The number of hydrogen-bond acceptors (Lipinski definition) is 2. The van der Waals surface area contributed by atoms with Crippen LogP contribution in [0.3, 0.4) is 0 Å². The Kier molecular flexibility index (Phi) is 25.2. The fourth-order valence-electron chi connectivity index (χ4n) is 6.44. The van der Waals surface area contributed by atoms with Gasteiger partial charge in [0.1, 0.15) is 36.9 Å². The number of nitrogens with zero attached hydrogens (tertiary/aromatic N) is 4. The van der Waals surface area contributed by atoms with E-state index in [1.165, 1.54) is 171 Å². The largest absolute Gasteiger partial charge is 0.243 e. The van der Waals surface area contributed by atoms with E-state index < -0.39 is 0 Å². The SMILES string of the molecule is CCCCCCCCCCCCC(CSCCCSCC(CCCCCCCCCCCC)n1cc[n+](C)c1)n1cc[n+](C)c1. The van der Waals surface area contributed by atoms with Crippen LogP contribution < -0.4 is 9.13 Å². The van der Waals surface area contributed by atoms with Crippen molar-refractivity contribution in [3.05, 3.63) is 37.4 Å². The molecule has 2 unspecified atom stereocenters. The van der Waals surface area contributed by atoms with Gasteiger partial charge < -0.3 is 0 Å². The van der Waals surface area contributed by atoms with Gasteiger partial charge in [0.05, 0.1) is 14.1 Å². The molecule has 4 nitrogen and oxygen atoms in total. The van der Waals surface area contributed by atoms with Gasteiger partial charge in [-0.15, -0.1) is 0 Å². The standard InChI is InChI=1S/C39H74N4S2/c1-5-7-9-11-13-15-17-19-21-23-26-38(42-30-28-40(3)36-42)34-44-32-25-33-45-35-39(43-31-29-41(4)37-43)27-24-22-20-18-16-14-12-10-8-6-2/h28-31,36-39H,5-27,32-35H2,1-4H3/q+2. The number of rotatable bonds is 32. The Morgan fingerprint density at radius 2 is 0.800 bits per heavy atom. The lowest BCUT2D eigenvalue weighted by Crippen LogP contribution is -2.24. The van der Waals surface area contributed by atoms with E-state index in [-0.39, 0.29) is 0 Å². The van der Waals surface area contributed by atoms with Crippen molar-refractivity contribution in [3.8, 4) is 0 Å². The van der Waals surface area contributed by atoms with Gasteiger partial charge in [-0.1, -0.05) is 129 Å². The van der Waals surface area contributed by atoms with Crippen LogP contribution in [0.1, 0.15) is 174 Å². The fourth-order valence-corrected chi connectivity index (χ4v) is 8.88. The molecule has 260 valence electrons. The predicted molar refractivity (Wildman–Crippen MR) is 201 cm³/mol. The molecule has 0 saturated heterocycles. The summed E-state index contributed by atoms with van der Waals surface area (Å²) in [6.45, 7) is 4.61. The number of unbranched alkanes of at least 4 members (excludes halogenated alkanes) is 18. The molecule has 2 heterocycles. The van der Waals surface area contributed by atoms with Gasteiger partial charge in [-0.25, -0.2) is 18.3 Å². The van der Waals surface area contributed by atoms with E-state index in [2.05, 4.69) is 107 Å². The molecule has 0 aromatic carbocycles. The smallest absolute Gasteiger partial charge is 0.240 e. The van der Waals surface area contributed by atoms with Crippen LogP contribution in [0.15, 0.2) is 37.4 Å². The maximum absolute atomic E-state index is 2.48. The minimum absolute atomic E-state index is 0.637. The summed E-state index contributed by atoms with van der Waals surface area (Å²) >= 11 is 4.36. The first-order valence-corrected chi connectivity index (χ1v) is 21.7. The third kappa shape index (κ3) is 20.9. The lowest BCUT2D eigenvalue weighted by Gasteiger charge is -2.15. The molecule has 0 radical (unpaired) electrons. The molecule has 0 N–H and O–H groups in total. The van der Waals surface area contributed by atoms with Crippen molar-refractivity contribution in [2.24, 2.45) is 14.1 Å². The number of aryl methyl sites for hydroxylation is 2. The molecule has 2 rings (SSSR count). The van der Waals surface area contributed by atoms with Crippen LogP contribution in [0.25, 0.3) is 0 Å². The zero-order valence-electron chi connectivity index (χ0n) is 30.3. The topological polar surface area (TPSA) is 17.6 Å². The predicted octanol–water partition coefficient (Wildman–Crippen LogP) is 11.2. The van der Waals surface area contributed by atoms with Crippen LogP contribution in [-0.4, -0.2) is 32.1 Å². The summed E-state index contributed by atoms with van der Waals surface area (Å²) in [6.07, 6.45) is 45.9. The number of thioether (sulfide) groups is 2. The van der Waals surface area contributed by atoms with Gasteiger partial charge in [0.25, 0.3) is 0 Å². The van der Waals surface area contributed by atoms with E-state index in [9.17, 15) is 0 Å². The zero-order valence-corrected chi connectivity index (χ0v) is 31.9. The molecule has 0 aliphatic carbocycles. The highest BCUT2D eigenvalue weighted by Gasteiger charge is 2.18. The molecule has 0 spiro atoms. The Labute approximate surface area is 288 Å². The highest BCUT2D eigenvalue weighted by atomic mass is 32.2. The molecule has 2 aromatic rings. The fraction of sp³-hybridized carbons (Fsp3) is 0.846. The van der Waals surface area contributed by atoms with Gasteiger partial charge in [0, 0.05) is 11.5 Å². The Balaban J connectivity index is 1.59. The molecule has 2 atom stereocenters. The normalized spacial score (nSPS) is 13.1. The van der Waals surface area contributed by atoms with Gasteiger partial charge in [0.2, 0.25) is 12.7 Å². The summed E-state index contributed by atoms with van der Waals surface area (Å²) in [7, 11) is 4.30. The Morgan fingerprint density at radius 1 is 0.467 bits per heavy atom. The van der Waals surface area contributed by atoms with E-state index in [1.807, 2.05) is 0 Å². The molecule has 45 heavy (non-hydrogen) atoms. The third-order valence-electron chi connectivity index (χ3n) is 9.40. The van der Waals surface area contributed by atoms with Crippen LogP contribution in [0.4, 0.5) is 0 Å². The lowest BCUT2D eigenvalue weighted by molar-refractivity contribution is -0.671. The Hall–Kier alpha value is -0.880. The van der Waals surface area contributed by atoms with Crippen molar-refractivity contribution in [2.45, 2.75) is 174 Å². The second-order valence-electron chi connectivity index (χ2n) is 13.8. The molecule has 0 bridgehead atoms. The van der Waals surface area contributed by atoms with Crippen LogP contribution >= 0.6 is 23.5 Å². The third-order valence-corrected chi connectivity index (χ3v) is 11.8. The maximum Gasteiger partial charge on any atom is 0.243 e. The van der Waals surface area contributed by atoms with Crippen LogP contribution in [0.5, 0.6) is 0 Å². The van der Waals surface area contributed by atoms with Gasteiger partial charge in [-0.05, 0) is 43.6 Å². The minimum atomic E-state index is 0.637. The van der Waals surface area contributed by atoms with Crippen LogP contribution in [0.2, 0.25) is 0 Å². The molecule has 0 saturated carbocycles. The van der Waals surface area contributed by atoms with E-state index in [4.69, 9.17) is 0 Å². The average Bonchev–Trinajstić information content (AvgIpc) is 3.68. The molecule has 0 aliphatic rings. The summed E-state index contributed by atoms with van der Waals surface area (Å²) in [6, 6.07) is 1.27. The van der Waals surface area contributed by atoms with Crippen LogP contribution in [0, 0.1) is 0 Å². The van der Waals surface area contributed by atoms with Crippen molar-refractivity contribution in [1.29, 1.82) is 0 Å². The van der Waals surface area contributed by atoms with Crippen molar-refractivity contribution >= 4 is 23.5 Å². The molecule has 2 aromatic heterocycles. The number of imidazole rings is 2. The summed E-state index contributed by atoms with van der Waals surface area (Å²) in [5, 5.41) is 0. The number of aromatic nitrogens is 4. The van der Waals surface area contributed by atoms with Crippen molar-refractivity contribution in [1.82, 2.24) is 9.13 Å². The van der Waals surface area contributed by atoms with Gasteiger partial charge in [-0.2, -0.15) is 23.5 Å². The average molecular weight is 663 g/mol. The van der Waals surface area contributed by atoms with Crippen molar-refractivity contribution in [3.63, 3.8) is 0 Å². The molecular weight excluding hydrogens is 589 g/mol. The van der Waals surface area contributed by atoms with Crippen LogP contribution in [-0.2, 0) is 14.1 Å². The molecular formula is C39H74N4S2+2. The highest BCUT2D eigenvalue weighted by molar-refractivity contribution is 8.00. The van der Waals surface area contributed by atoms with Crippen molar-refractivity contribution in [2.75, 3.05) is 23.0 Å². The monoisotopic (exact) mass is 663 g/mol. The van der Waals surface area contributed by atoms with E-state index in [0.717, 1.165) is 0 Å². The van der Waals surface area contributed by atoms with Crippen molar-refractivity contribution < 1.29 is 9.13 Å². The molecule has 0 fully saturated rings. The Bertz CT molecular complexity index is 838. The van der Waals surface area contributed by atoms with Gasteiger partial charge >= 0.3 is 0 Å². The summed E-state index contributed by atoms with van der Waals surface area (Å²) in [4.78, 5) is 0. The van der Waals surface area contributed by atoms with E-state index in [1.54, 1.807) is 0 Å². The first-order chi connectivity index (χ1) is 22.1. The van der Waals surface area contributed by atoms with E-state index >= 15 is 0 Å². The number of hydrogen-bond donors (Lipinski definition) is 0. The quantitative estimate of drug-likeness (QED) is 0.0573. The molecule has 6 heteroatoms. The van der Waals surface area contributed by atoms with Gasteiger partial charge in [-0.3, -0.25) is 0 Å². The summed E-state index contributed by atoms with van der Waals surface area (Å²) < 4.78 is 9.35. The zero-order chi connectivity index (χ0) is 32.2.